The number of nitrogens with one attached hydrogen (secondary N) is 2. The van der Waals surface area contributed by atoms with E-state index in [1.54, 1.807) is 24.0 Å². The molecule has 2 N–H and O–H groups in total. The lowest BCUT2D eigenvalue weighted by atomic mass is 10.1. The molecule has 0 aliphatic carbocycles. The van der Waals surface area contributed by atoms with Crippen LogP contribution in [0.2, 0.25) is 0 Å². The molecule has 0 unspecified atom stereocenters. The van der Waals surface area contributed by atoms with Gasteiger partial charge in [-0.2, -0.15) is 0 Å². The van der Waals surface area contributed by atoms with Crippen molar-refractivity contribution in [2.75, 3.05) is 26.2 Å². The Morgan fingerprint density at radius 2 is 2.24 bits per heavy atom. The van der Waals surface area contributed by atoms with Gasteiger partial charge in [0.25, 0.3) is 5.91 Å². The molecule has 1 aromatic carbocycles. The van der Waals surface area contributed by atoms with Gasteiger partial charge in [0.1, 0.15) is 0 Å². The van der Waals surface area contributed by atoms with Gasteiger partial charge in [-0.1, -0.05) is 13.0 Å². The number of hydrogen-bond donors (Lipinski definition) is 2. The predicted octanol–water partition coefficient (Wildman–Crippen LogP) is 0.419. The van der Waals surface area contributed by atoms with Crippen molar-refractivity contribution in [1.82, 2.24) is 14.9 Å². The maximum Gasteiger partial charge on any atom is 0.254 e. The van der Waals surface area contributed by atoms with Crippen LogP contribution in [-0.4, -0.2) is 51.4 Å². The quantitative estimate of drug-likeness (QED) is 0.845. The lowest BCUT2D eigenvalue weighted by molar-refractivity contribution is 0.0655. The number of hydrogen-bond acceptors (Lipinski definition) is 4. The van der Waals surface area contributed by atoms with E-state index in [1.807, 2.05) is 6.92 Å². The summed E-state index contributed by atoms with van der Waals surface area (Å²) in [4.78, 5) is 14.4. The van der Waals surface area contributed by atoms with Crippen LogP contribution in [0.15, 0.2) is 29.2 Å². The predicted molar refractivity (Wildman–Crippen MR) is 80.7 cm³/mol. The second-order valence-electron chi connectivity index (χ2n) is 5.08. The van der Waals surface area contributed by atoms with Crippen LogP contribution in [0.25, 0.3) is 0 Å². The highest BCUT2D eigenvalue weighted by atomic mass is 32.2. The van der Waals surface area contributed by atoms with Gasteiger partial charge in [0.2, 0.25) is 10.0 Å². The smallest absolute Gasteiger partial charge is 0.254 e. The second kappa shape index (κ2) is 6.55. The summed E-state index contributed by atoms with van der Waals surface area (Å²) in [5.41, 5.74) is 0.405. The Balaban J connectivity index is 2.26. The average Bonchev–Trinajstić information content (AvgIpc) is 2.47. The largest absolute Gasteiger partial charge is 0.333 e. The van der Waals surface area contributed by atoms with Gasteiger partial charge in [0.15, 0.2) is 0 Å². The van der Waals surface area contributed by atoms with Crippen molar-refractivity contribution < 1.29 is 13.2 Å². The fraction of sp³-hybridized carbons (Fsp3) is 0.500. The lowest BCUT2D eigenvalue weighted by Gasteiger charge is -2.34. The van der Waals surface area contributed by atoms with E-state index < -0.39 is 10.0 Å². The Morgan fingerprint density at radius 3 is 2.90 bits per heavy atom. The molecule has 1 atom stereocenters. The number of carbonyl (C=O) groups is 1. The molecule has 2 rings (SSSR count). The molecular weight excluding hydrogens is 290 g/mol. The van der Waals surface area contributed by atoms with Crippen LogP contribution >= 0.6 is 0 Å². The molecule has 7 heteroatoms. The van der Waals surface area contributed by atoms with E-state index >= 15 is 0 Å². The summed E-state index contributed by atoms with van der Waals surface area (Å²) >= 11 is 0. The van der Waals surface area contributed by atoms with Crippen LogP contribution < -0.4 is 10.0 Å². The molecule has 0 radical (unpaired) electrons. The van der Waals surface area contributed by atoms with Crippen molar-refractivity contribution in [2.24, 2.45) is 0 Å². The number of sulfonamides is 1. The minimum Gasteiger partial charge on any atom is -0.333 e. The average molecular weight is 311 g/mol. The third kappa shape index (κ3) is 3.61. The van der Waals surface area contributed by atoms with Gasteiger partial charge in [-0.15, -0.1) is 0 Å². The maximum atomic E-state index is 12.5. The van der Waals surface area contributed by atoms with E-state index in [-0.39, 0.29) is 16.8 Å². The number of piperazine rings is 1. The number of benzene rings is 1. The minimum absolute atomic E-state index is 0.0975. The highest BCUT2D eigenvalue weighted by Crippen LogP contribution is 2.15. The van der Waals surface area contributed by atoms with E-state index in [2.05, 4.69) is 10.0 Å². The molecular formula is C14H21N3O3S. The van der Waals surface area contributed by atoms with Crippen molar-refractivity contribution in [3.63, 3.8) is 0 Å². The van der Waals surface area contributed by atoms with Crippen molar-refractivity contribution in [3.8, 4) is 0 Å². The van der Waals surface area contributed by atoms with Gasteiger partial charge in [0, 0.05) is 37.8 Å². The molecule has 6 nitrogen and oxygen atoms in total. The van der Waals surface area contributed by atoms with Crippen molar-refractivity contribution in [1.29, 1.82) is 0 Å². The van der Waals surface area contributed by atoms with Gasteiger partial charge in [-0.25, -0.2) is 13.1 Å². The first kappa shape index (κ1) is 15.9. The third-order valence-electron chi connectivity index (χ3n) is 3.49. The summed E-state index contributed by atoms with van der Waals surface area (Å²) in [6.07, 6.45) is 0. The van der Waals surface area contributed by atoms with Crippen LogP contribution in [-0.2, 0) is 10.0 Å². The number of carbonyl (C=O) groups excluding carboxylic acids is 1. The van der Waals surface area contributed by atoms with Crippen LogP contribution in [0.4, 0.5) is 0 Å². The van der Waals surface area contributed by atoms with E-state index in [4.69, 9.17) is 0 Å². The van der Waals surface area contributed by atoms with Crippen LogP contribution in [0.5, 0.6) is 0 Å². The molecule has 0 aromatic heterocycles. The standard InChI is InChI=1S/C14H21N3O3S/c1-3-16-21(19,20)13-6-4-5-12(9-13)14(18)17-8-7-15-10-11(17)2/h4-6,9,11,15-16H,3,7-8,10H2,1-2H3/t11-/m0/s1. The summed E-state index contributed by atoms with van der Waals surface area (Å²) in [5, 5.41) is 3.22. The molecule has 116 valence electrons. The van der Waals surface area contributed by atoms with Crippen molar-refractivity contribution in [2.45, 2.75) is 24.8 Å². The molecule has 0 saturated carbocycles. The summed E-state index contributed by atoms with van der Waals surface area (Å²) in [5.74, 6) is -0.127. The topological polar surface area (TPSA) is 78.5 Å². The van der Waals surface area contributed by atoms with E-state index in [0.717, 1.165) is 13.1 Å². The minimum atomic E-state index is -3.54. The first-order chi connectivity index (χ1) is 9.95. The molecule has 1 fully saturated rings. The third-order valence-corrected chi connectivity index (χ3v) is 5.03. The van der Waals surface area contributed by atoms with E-state index in [1.165, 1.54) is 12.1 Å². The van der Waals surface area contributed by atoms with Crippen molar-refractivity contribution >= 4 is 15.9 Å². The Labute approximate surface area is 125 Å². The highest BCUT2D eigenvalue weighted by molar-refractivity contribution is 7.89. The molecule has 1 amide bonds. The Morgan fingerprint density at radius 1 is 1.48 bits per heavy atom. The lowest BCUT2D eigenvalue weighted by Crippen LogP contribution is -2.52. The maximum absolute atomic E-state index is 12.5. The zero-order valence-electron chi connectivity index (χ0n) is 12.3. The summed E-state index contributed by atoms with van der Waals surface area (Å²) in [7, 11) is -3.54. The monoisotopic (exact) mass is 311 g/mol. The molecule has 1 aliphatic rings. The van der Waals surface area contributed by atoms with E-state index in [0.29, 0.717) is 18.7 Å². The van der Waals surface area contributed by atoms with Gasteiger partial charge in [-0.05, 0) is 25.1 Å². The zero-order valence-corrected chi connectivity index (χ0v) is 13.1. The Kier molecular flexibility index (Phi) is 4.97. The number of rotatable bonds is 4. The van der Waals surface area contributed by atoms with Gasteiger partial charge in [-0.3, -0.25) is 4.79 Å². The normalized spacial score (nSPS) is 19.5. The van der Waals surface area contributed by atoms with Crippen LogP contribution in [0.1, 0.15) is 24.2 Å². The molecule has 1 aliphatic heterocycles. The molecule has 21 heavy (non-hydrogen) atoms. The fourth-order valence-electron chi connectivity index (χ4n) is 2.38. The second-order valence-corrected chi connectivity index (χ2v) is 6.85. The summed E-state index contributed by atoms with van der Waals surface area (Å²) in [6.45, 7) is 6.14. The van der Waals surface area contributed by atoms with Gasteiger partial charge < -0.3 is 10.2 Å². The Bertz CT molecular complexity index is 616. The van der Waals surface area contributed by atoms with Crippen molar-refractivity contribution in [3.05, 3.63) is 29.8 Å². The molecule has 0 bridgehead atoms. The molecule has 0 spiro atoms. The van der Waals surface area contributed by atoms with Gasteiger partial charge >= 0.3 is 0 Å². The highest BCUT2D eigenvalue weighted by Gasteiger charge is 2.25. The fourth-order valence-corrected chi connectivity index (χ4v) is 3.46. The van der Waals surface area contributed by atoms with Crippen LogP contribution in [0.3, 0.4) is 0 Å². The molecule has 1 heterocycles. The SMILES string of the molecule is CCNS(=O)(=O)c1cccc(C(=O)N2CCNC[C@@H]2C)c1. The summed E-state index contributed by atoms with van der Waals surface area (Å²) < 4.78 is 26.4. The number of amides is 1. The first-order valence-electron chi connectivity index (χ1n) is 7.07. The number of nitrogens with zero attached hydrogens (tertiary/aromatic N) is 1. The summed E-state index contributed by atoms with van der Waals surface area (Å²) in [6, 6.07) is 6.29. The zero-order chi connectivity index (χ0) is 15.5. The van der Waals surface area contributed by atoms with Crippen LogP contribution in [0, 0.1) is 0 Å². The molecule has 1 saturated heterocycles. The van der Waals surface area contributed by atoms with E-state index in [9.17, 15) is 13.2 Å². The van der Waals surface area contributed by atoms with Gasteiger partial charge in [0.05, 0.1) is 4.90 Å². The first-order valence-corrected chi connectivity index (χ1v) is 8.55. The molecule has 1 aromatic rings. The Hall–Kier alpha value is -1.44.